The highest BCUT2D eigenvalue weighted by atomic mass is 19.1. The molecule has 1 aromatic carbocycles. The van der Waals surface area contributed by atoms with E-state index in [-0.39, 0.29) is 22.9 Å². The van der Waals surface area contributed by atoms with Crippen molar-refractivity contribution in [2.24, 2.45) is 0 Å². The maximum atomic E-state index is 13.4. The van der Waals surface area contributed by atoms with Gasteiger partial charge in [-0.3, -0.25) is 0 Å². The number of methoxy groups -OCH3 is 1. The van der Waals surface area contributed by atoms with E-state index in [1.807, 2.05) is 0 Å². The average molecular weight is 259 g/mol. The third-order valence-electron chi connectivity index (χ3n) is 2.37. The molecule has 0 unspecified atom stereocenters. The van der Waals surface area contributed by atoms with Gasteiger partial charge in [-0.25, -0.2) is 4.39 Å². The first-order valence-corrected chi connectivity index (χ1v) is 5.32. The number of ether oxygens (including phenoxy) is 2. The summed E-state index contributed by atoms with van der Waals surface area (Å²) in [6, 6.07) is 8.92. The van der Waals surface area contributed by atoms with Crippen LogP contribution < -0.4 is 15.2 Å². The number of nitrogen functional groups attached to an aromatic ring is 1. The van der Waals surface area contributed by atoms with Gasteiger partial charge in [-0.1, -0.05) is 6.07 Å². The van der Waals surface area contributed by atoms with Crippen LogP contribution in [0.1, 0.15) is 5.56 Å². The maximum absolute atomic E-state index is 13.4. The number of benzene rings is 1. The van der Waals surface area contributed by atoms with Crippen LogP contribution >= 0.6 is 0 Å². The fraction of sp³-hybridized carbons (Fsp3) is 0.0769. The van der Waals surface area contributed by atoms with E-state index in [1.54, 1.807) is 18.2 Å². The predicted octanol–water partition coefficient (Wildman–Crippen LogP) is 2.48. The first-order valence-electron chi connectivity index (χ1n) is 5.32. The molecule has 0 radical (unpaired) electrons. The Morgan fingerprint density at radius 1 is 1.32 bits per heavy atom. The van der Waals surface area contributed by atoms with Crippen molar-refractivity contribution in [3.05, 3.63) is 41.7 Å². The minimum Gasteiger partial charge on any atom is -0.481 e. The van der Waals surface area contributed by atoms with Crippen molar-refractivity contribution < 1.29 is 13.9 Å². The summed E-state index contributed by atoms with van der Waals surface area (Å²) >= 11 is 0. The molecule has 1 aromatic heterocycles. The van der Waals surface area contributed by atoms with Crippen molar-refractivity contribution in [3.63, 3.8) is 0 Å². The number of hydrogen-bond acceptors (Lipinski definition) is 5. The van der Waals surface area contributed by atoms with E-state index in [1.165, 1.54) is 25.3 Å². The summed E-state index contributed by atoms with van der Waals surface area (Å²) in [6.07, 6.45) is 0. The monoisotopic (exact) mass is 259 g/mol. The highest BCUT2D eigenvalue weighted by Crippen LogP contribution is 2.30. The molecule has 19 heavy (non-hydrogen) atoms. The second kappa shape index (κ2) is 5.23. The number of aromatic nitrogens is 1. The summed E-state index contributed by atoms with van der Waals surface area (Å²) in [6.45, 7) is 0. The van der Waals surface area contributed by atoms with Crippen molar-refractivity contribution >= 4 is 5.69 Å². The number of rotatable bonds is 3. The molecule has 0 saturated carbocycles. The third-order valence-corrected chi connectivity index (χ3v) is 2.37. The zero-order chi connectivity index (χ0) is 13.8. The smallest absolute Gasteiger partial charge is 0.246 e. The van der Waals surface area contributed by atoms with E-state index in [2.05, 4.69) is 4.98 Å². The van der Waals surface area contributed by atoms with Crippen LogP contribution in [0.5, 0.6) is 17.5 Å². The molecule has 5 nitrogen and oxygen atoms in total. The number of nitrogens with zero attached hydrogens (tertiary/aromatic N) is 2. The standard InChI is InChI=1S/C13H10FN3O2/c1-18-12-6-5-10(16)13(17-12)19-11-4-2-3-9(14)8(11)7-15/h2-6H,16H2,1H3. The maximum Gasteiger partial charge on any atom is 0.246 e. The fourth-order valence-corrected chi connectivity index (χ4v) is 1.43. The summed E-state index contributed by atoms with van der Waals surface area (Å²) in [5.74, 6) is -0.253. The number of nitriles is 1. The number of pyridine rings is 1. The number of anilines is 1. The van der Waals surface area contributed by atoms with Gasteiger partial charge in [0.15, 0.2) is 0 Å². The molecule has 0 spiro atoms. The van der Waals surface area contributed by atoms with Gasteiger partial charge in [0.05, 0.1) is 12.8 Å². The SMILES string of the molecule is COc1ccc(N)c(Oc2cccc(F)c2C#N)n1. The molecule has 0 aliphatic rings. The molecule has 0 aliphatic heterocycles. The molecule has 0 fully saturated rings. The molecule has 0 saturated heterocycles. The fourth-order valence-electron chi connectivity index (χ4n) is 1.43. The van der Waals surface area contributed by atoms with Crippen LogP contribution in [0.15, 0.2) is 30.3 Å². The molecule has 2 rings (SSSR count). The Labute approximate surface area is 109 Å². The van der Waals surface area contributed by atoms with E-state index in [0.717, 1.165) is 0 Å². The first-order chi connectivity index (χ1) is 9.15. The number of halogens is 1. The minimum atomic E-state index is -0.665. The molecule has 1 heterocycles. The lowest BCUT2D eigenvalue weighted by molar-refractivity contribution is 0.383. The molecule has 2 N–H and O–H groups in total. The normalized spacial score (nSPS) is 9.74. The summed E-state index contributed by atoms with van der Waals surface area (Å²) in [4.78, 5) is 3.99. The average Bonchev–Trinajstić information content (AvgIpc) is 2.41. The van der Waals surface area contributed by atoms with Gasteiger partial charge in [0.1, 0.15) is 23.2 Å². The van der Waals surface area contributed by atoms with Crippen LogP contribution in [0.2, 0.25) is 0 Å². The van der Waals surface area contributed by atoms with E-state index in [0.29, 0.717) is 5.88 Å². The summed E-state index contributed by atoms with van der Waals surface area (Å²) in [5.41, 5.74) is 5.76. The van der Waals surface area contributed by atoms with Crippen molar-refractivity contribution in [3.8, 4) is 23.6 Å². The van der Waals surface area contributed by atoms with E-state index < -0.39 is 5.82 Å². The van der Waals surface area contributed by atoms with Gasteiger partial charge in [0, 0.05) is 6.07 Å². The lowest BCUT2D eigenvalue weighted by atomic mass is 10.2. The summed E-state index contributed by atoms with van der Waals surface area (Å²) < 4.78 is 23.7. The molecular weight excluding hydrogens is 249 g/mol. The molecule has 0 amide bonds. The Morgan fingerprint density at radius 3 is 2.79 bits per heavy atom. The van der Waals surface area contributed by atoms with Gasteiger partial charge in [0.2, 0.25) is 11.8 Å². The van der Waals surface area contributed by atoms with Crippen molar-refractivity contribution in [1.29, 1.82) is 5.26 Å². The Hall–Kier alpha value is -2.81. The topological polar surface area (TPSA) is 81.2 Å². The molecule has 0 aliphatic carbocycles. The van der Waals surface area contributed by atoms with Crippen molar-refractivity contribution in [2.45, 2.75) is 0 Å². The lowest BCUT2D eigenvalue weighted by Crippen LogP contribution is -1.99. The Bertz CT molecular complexity index is 653. The van der Waals surface area contributed by atoms with Crippen LogP contribution in [0.25, 0.3) is 0 Å². The van der Waals surface area contributed by atoms with Crippen LogP contribution in [-0.4, -0.2) is 12.1 Å². The van der Waals surface area contributed by atoms with Gasteiger partial charge in [-0.15, -0.1) is 0 Å². The first kappa shape index (κ1) is 12.6. The largest absolute Gasteiger partial charge is 0.481 e. The quantitative estimate of drug-likeness (QED) is 0.915. The van der Waals surface area contributed by atoms with E-state index in [9.17, 15) is 4.39 Å². The highest BCUT2D eigenvalue weighted by Gasteiger charge is 2.12. The Balaban J connectivity index is 2.42. The molecule has 0 bridgehead atoms. The van der Waals surface area contributed by atoms with Gasteiger partial charge in [0.25, 0.3) is 0 Å². The van der Waals surface area contributed by atoms with Crippen LogP contribution in [0.4, 0.5) is 10.1 Å². The molecule has 0 atom stereocenters. The Morgan fingerprint density at radius 2 is 2.11 bits per heavy atom. The van der Waals surface area contributed by atoms with Crippen LogP contribution in [0.3, 0.4) is 0 Å². The molecule has 6 heteroatoms. The number of hydrogen-bond donors (Lipinski definition) is 1. The zero-order valence-corrected chi connectivity index (χ0v) is 10.1. The van der Waals surface area contributed by atoms with Gasteiger partial charge < -0.3 is 15.2 Å². The second-order valence-electron chi connectivity index (χ2n) is 3.57. The second-order valence-corrected chi connectivity index (χ2v) is 3.57. The van der Waals surface area contributed by atoms with Gasteiger partial charge >= 0.3 is 0 Å². The number of nitrogens with two attached hydrogens (primary N) is 1. The zero-order valence-electron chi connectivity index (χ0n) is 10.1. The van der Waals surface area contributed by atoms with Crippen molar-refractivity contribution in [2.75, 3.05) is 12.8 Å². The van der Waals surface area contributed by atoms with Gasteiger partial charge in [-0.05, 0) is 18.2 Å². The third kappa shape index (κ3) is 2.55. The molecule has 2 aromatic rings. The van der Waals surface area contributed by atoms with Crippen molar-refractivity contribution in [1.82, 2.24) is 4.98 Å². The van der Waals surface area contributed by atoms with Crippen LogP contribution in [0, 0.1) is 17.1 Å². The molecule has 96 valence electrons. The predicted molar refractivity (Wildman–Crippen MR) is 66.4 cm³/mol. The highest BCUT2D eigenvalue weighted by molar-refractivity contribution is 5.53. The summed E-state index contributed by atoms with van der Waals surface area (Å²) in [7, 11) is 1.45. The van der Waals surface area contributed by atoms with E-state index in [4.69, 9.17) is 20.5 Å². The van der Waals surface area contributed by atoms with E-state index >= 15 is 0 Å². The lowest BCUT2D eigenvalue weighted by Gasteiger charge is -2.10. The molecular formula is C13H10FN3O2. The Kier molecular flexibility index (Phi) is 3.48. The minimum absolute atomic E-state index is 0.0509. The summed E-state index contributed by atoms with van der Waals surface area (Å²) in [5, 5.41) is 8.90. The van der Waals surface area contributed by atoms with Crippen LogP contribution in [-0.2, 0) is 0 Å². The van der Waals surface area contributed by atoms with Gasteiger partial charge in [-0.2, -0.15) is 10.2 Å².